The predicted molar refractivity (Wildman–Crippen MR) is 75.7 cm³/mol. The van der Waals surface area contributed by atoms with Gasteiger partial charge in [0.1, 0.15) is 0 Å². The van der Waals surface area contributed by atoms with Crippen LogP contribution in [0.15, 0.2) is 17.5 Å². The molecular formula is C13H16F3N3O2S. The first-order valence-electron chi connectivity index (χ1n) is 6.74. The van der Waals surface area contributed by atoms with E-state index < -0.39 is 12.7 Å². The first-order valence-corrected chi connectivity index (χ1v) is 7.62. The molecule has 0 spiro atoms. The highest BCUT2D eigenvalue weighted by Gasteiger charge is 2.32. The Bertz CT molecular complexity index is 511. The molecule has 0 atom stereocenters. The summed E-state index contributed by atoms with van der Waals surface area (Å²) in [4.78, 5) is 26.9. The van der Waals surface area contributed by atoms with Crippen LogP contribution in [0.2, 0.25) is 0 Å². The van der Waals surface area contributed by atoms with Gasteiger partial charge in [-0.1, -0.05) is 6.07 Å². The maximum Gasteiger partial charge on any atom is 0.401 e. The molecule has 2 heterocycles. The molecule has 122 valence electrons. The second kappa shape index (κ2) is 7.10. The van der Waals surface area contributed by atoms with Crippen LogP contribution in [0.25, 0.3) is 0 Å². The molecule has 1 aromatic heterocycles. The monoisotopic (exact) mass is 335 g/mol. The van der Waals surface area contributed by atoms with E-state index in [4.69, 9.17) is 0 Å². The quantitative estimate of drug-likeness (QED) is 0.899. The summed E-state index contributed by atoms with van der Waals surface area (Å²) in [5.41, 5.74) is 0. The topological polar surface area (TPSA) is 52.7 Å². The van der Waals surface area contributed by atoms with Crippen molar-refractivity contribution in [1.29, 1.82) is 0 Å². The number of carbonyl (C=O) groups excluding carboxylic acids is 2. The Morgan fingerprint density at radius 1 is 1.23 bits per heavy atom. The molecule has 2 amide bonds. The summed E-state index contributed by atoms with van der Waals surface area (Å²) < 4.78 is 36.8. The normalized spacial score (nSPS) is 16.6. The zero-order chi connectivity index (χ0) is 16.2. The van der Waals surface area contributed by atoms with E-state index in [2.05, 4.69) is 5.32 Å². The van der Waals surface area contributed by atoms with Gasteiger partial charge in [-0.25, -0.2) is 0 Å². The molecule has 1 fully saturated rings. The molecule has 0 radical (unpaired) electrons. The highest BCUT2D eigenvalue weighted by molar-refractivity contribution is 7.12. The molecule has 1 saturated heterocycles. The smallest absolute Gasteiger partial charge is 0.342 e. The highest BCUT2D eigenvalue weighted by atomic mass is 32.1. The van der Waals surface area contributed by atoms with Crippen LogP contribution in [0.3, 0.4) is 0 Å². The lowest BCUT2D eigenvalue weighted by molar-refractivity contribution is -0.151. The van der Waals surface area contributed by atoms with Crippen LogP contribution in [-0.2, 0) is 4.79 Å². The number of carbonyl (C=O) groups is 2. The molecule has 1 aliphatic heterocycles. The van der Waals surface area contributed by atoms with Gasteiger partial charge >= 0.3 is 6.18 Å². The Labute approximate surface area is 129 Å². The van der Waals surface area contributed by atoms with Gasteiger partial charge in [0.05, 0.1) is 18.0 Å². The number of alkyl halides is 3. The van der Waals surface area contributed by atoms with Gasteiger partial charge in [0.25, 0.3) is 5.91 Å². The fraction of sp³-hybridized carbons (Fsp3) is 0.538. The van der Waals surface area contributed by atoms with Gasteiger partial charge in [0, 0.05) is 26.2 Å². The molecule has 0 aliphatic carbocycles. The number of rotatable bonds is 4. The maximum absolute atomic E-state index is 12.3. The van der Waals surface area contributed by atoms with E-state index in [0.29, 0.717) is 4.88 Å². The average Bonchev–Trinajstić information content (AvgIpc) is 2.97. The van der Waals surface area contributed by atoms with Crippen molar-refractivity contribution in [2.75, 3.05) is 39.3 Å². The Kier molecular flexibility index (Phi) is 5.41. The largest absolute Gasteiger partial charge is 0.401 e. The zero-order valence-electron chi connectivity index (χ0n) is 11.7. The molecule has 0 unspecified atom stereocenters. The van der Waals surface area contributed by atoms with E-state index in [9.17, 15) is 22.8 Å². The van der Waals surface area contributed by atoms with Crippen molar-refractivity contribution in [2.24, 2.45) is 0 Å². The molecule has 1 aromatic rings. The molecule has 9 heteroatoms. The molecule has 0 bridgehead atoms. The minimum atomic E-state index is -4.22. The van der Waals surface area contributed by atoms with Gasteiger partial charge in [-0.3, -0.25) is 14.5 Å². The SMILES string of the molecule is O=C(NCC(=O)N1CCN(CC(F)(F)F)CC1)c1cccs1. The molecule has 2 rings (SSSR count). The van der Waals surface area contributed by atoms with Crippen LogP contribution in [0.1, 0.15) is 9.67 Å². The zero-order valence-corrected chi connectivity index (χ0v) is 12.5. The summed E-state index contributed by atoms with van der Waals surface area (Å²) in [6.07, 6.45) is -4.22. The van der Waals surface area contributed by atoms with E-state index >= 15 is 0 Å². The van der Waals surface area contributed by atoms with Crippen LogP contribution < -0.4 is 5.32 Å². The molecular weight excluding hydrogens is 319 g/mol. The minimum absolute atomic E-state index is 0.143. The Hall–Kier alpha value is -1.61. The van der Waals surface area contributed by atoms with Crippen molar-refractivity contribution in [3.05, 3.63) is 22.4 Å². The standard InChI is InChI=1S/C13H16F3N3O2S/c14-13(15,16)9-18-3-5-19(6-4-18)11(20)8-17-12(21)10-2-1-7-22-10/h1-2,7H,3-6,8-9H2,(H,17,21). The van der Waals surface area contributed by atoms with Gasteiger partial charge in [-0.05, 0) is 11.4 Å². The summed E-state index contributed by atoms with van der Waals surface area (Å²) in [6.45, 7) is -0.248. The van der Waals surface area contributed by atoms with Gasteiger partial charge in [0.15, 0.2) is 0 Å². The number of nitrogens with one attached hydrogen (secondary N) is 1. The van der Waals surface area contributed by atoms with Gasteiger partial charge in [-0.2, -0.15) is 13.2 Å². The molecule has 0 saturated carbocycles. The van der Waals surface area contributed by atoms with Crippen molar-refractivity contribution >= 4 is 23.2 Å². The summed E-state index contributed by atoms with van der Waals surface area (Å²) in [7, 11) is 0. The number of hydrogen-bond acceptors (Lipinski definition) is 4. The van der Waals surface area contributed by atoms with Crippen molar-refractivity contribution < 1.29 is 22.8 Å². The van der Waals surface area contributed by atoms with E-state index in [1.54, 1.807) is 17.5 Å². The van der Waals surface area contributed by atoms with Crippen LogP contribution in [0.4, 0.5) is 13.2 Å². The number of hydrogen-bond donors (Lipinski definition) is 1. The summed E-state index contributed by atoms with van der Waals surface area (Å²) >= 11 is 1.27. The summed E-state index contributed by atoms with van der Waals surface area (Å²) in [6, 6.07) is 3.39. The average molecular weight is 335 g/mol. The fourth-order valence-corrected chi connectivity index (χ4v) is 2.81. The van der Waals surface area contributed by atoms with Crippen molar-refractivity contribution in [1.82, 2.24) is 15.1 Å². The number of nitrogens with zero attached hydrogens (tertiary/aromatic N) is 2. The molecule has 1 N–H and O–H groups in total. The van der Waals surface area contributed by atoms with E-state index in [-0.39, 0.29) is 44.5 Å². The fourth-order valence-electron chi connectivity index (χ4n) is 2.17. The Morgan fingerprint density at radius 2 is 1.91 bits per heavy atom. The minimum Gasteiger partial charge on any atom is -0.342 e. The third-order valence-corrected chi connectivity index (χ3v) is 4.14. The number of piperazine rings is 1. The highest BCUT2D eigenvalue weighted by Crippen LogP contribution is 2.17. The van der Waals surface area contributed by atoms with Crippen molar-refractivity contribution in [3.8, 4) is 0 Å². The van der Waals surface area contributed by atoms with Crippen molar-refractivity contribution in [3.63, 3.8) is 0 Å². The first-order chi connectivity index (χ1) is 10.3. The first kappa shape index (κ1) is 16.8. The van der Waals surface area contributed by atoms with E-state index in [0.717, 1.165) is 0 Å². The molecule has 0 aromatic carbocycles. The Balaban J connectivity index is 1.72. The van der Waals surface area contributed by atoms with E-state index in [1.165, 1.54) is 21.1 Å². The number of thiophene rings is 1. The van der Waals surface area contributed by atoms with Crippen LogP contribution in [0.5, 0.6) is 0 Å². The second-order valence-electron chi connectivity index (χ2n) is 4.93. The number of amides is 2. The lowest BCUT2D eigenvalue weighted by atomic mass is 10.3. The molecule has 5 nitrogen and oxygen atoms in total. The van der Waals surface area contributed by atoms with Gasteiger partial charge in [0.2, 0.25) is 5.91 Å². The lowest BCUT2D eigenvalue weighted by Gasteiger charge is -2.35. The van der Waals surface area contributed by atoms with E-state index in [1.807, 2.05) is 0 Å². The van der Waals surface area contributed by atoms with Crippen LogP contribution in [-0.4, -0.2) is 67.1 Å². The van der Waals surface area contributed by atoms with Crippen LogP contribution in [0, 0.1) is 0 Å². The molecule has 1 aliphatic rings. The maximum atomic E-state index is 12.3. The Morgan fingerprint density at radius 3 is 2.45 bits per heavy atom. The van der Waals surface area contributed by atoms with Gasteiger partial charge in [-0.15, -0.1) is 11.3 Å². The van der Waals surface area contributed by atoms with Crippen LogP contribution >= 0.6 is 11.3 Å². The van der Waals surface area contributed by atoms with Gasteiger partial charge < -0.3 is 10.2 Å². The third-order valence-electron chi connectivity index (χ3n) is 3.27. The molecule has 22 heavy (non-hydrogen) atoms. The number of halogens is 3. The van der Waals surface area contributed by atoms with Crippen molar-refractivity contribution in [2.45, 2.75) is 6.18 Å². The summed E-state index contributed by atoms with van der Waals surface area (Å²) in [5.74, 6) is -0.601. The third kappa shape index (κ3) is 4.99. The summed E-state index contributed by atoms with van der Waals surface area (Å²) in [5, 5.41) is 4.28. The second-order valence-corrected chi connectivity index (χ2v) is 5.88. The lowest BCUT2D eigenvalue weighted by Crippen LogP contribution is -2.52. The predicted octanol–water partition coefficient (Wildman–Crippen LogP) is 1.18.